The summed E-state index contributed by atoms with van der Waals surface area (Å²) in [6.45, 7) is 3.57. The molecular weight excluding hydrogens is 432 g/mol. The predicted octanol–water partition coefficient (Wildman–Crippen LogP) is 2.14. The summed E-state index contributed by atoms with van der Waals surface area (Å²) >= 11 is 1.16. The summed E-state index contributed by atoms with van der Waals surface area (Å²) in [7, 11) is 1.33. The van der Waals surface area contributed by atoms with Crippen LogP contribution < -0.4 is 9.47 Å². The number of thioether (sulfide) groups is 1. The average molecular weight is 454 g/mol. The number of nitro benzene ring substituents is 1. The molecule has 31 heavy (non-hydrogen) atoms. The molecule has 1 fully saturated rings. The van der Waals surface area contributed by atoms with Crippen LogP contribution in [-0.4, -0.2) is 66.9 Å². The van der Waals surface area contributed by atoms with Gasteiger partial charge in [0.15, 0.2) is 11.5 Å². The fourth-order valence-electron chi connectivity index (χ4n) is 2.65. The van der Waals surface area contributed by atoms with Gasteiger partial charge in [-0.15, -0.1) is 0 Å². The fraction of sp³-hybridized carbons (Fsp3) is 0.421. The summed E-state index contributed by atoms with van der Waals surface area (Å²) < 4.78 is 20.4. The molecule has 1 aromatic rings. The van der Waals surface area contributed by atoms with Crippen molar-refractivity contribution in [2.45, 2.75) is 13.8 Å². The summed E-state index contributed by atoms with van der Waals surface area (Å²) in [5.74, 6) is -1.39. The number of methoxy groups -OCH3 is 1. The Labute approximate surface area is 182 Å². The standard InChI is InChI=1S/C19H22N2O9S/c1-4-28-15-8-12(13(21(25)26)9-14(15)27-3)19(24)30-7-6-20-16(22)11-31-17(20)10-18(23)29-5-2/h8-10H,4-7,11H2,1-3H3. The maximum absolute atomic E-state index is 12.5. The normalized spacial score (nSPS) is 14.5. The van der Waals surface area contributed by atoms with Gasteiger partial charge in [-0.3, -0.25) is 14.9 Å². The Morgan fingerprint density at radius 1 is 1.23 bits per heavy atom. The summed E-state index contributed by atoms with van der Waals surface area (Å²) in [6.07, 6.45) is 1.20. The molecule has 0 spiro atoms. The van der Waals surface area contributed by atoms with Crippen LogP contribution in [0.3, 0.4) is 0 Å². The van der Waals surface area contributed by atoms with E-state index in [1.807, 2.05) is 0 Å². The van der Waals surface area contributed by atoms with E-state index in [2.05, 4.69) is 0 Å². The smallest absolute Gasteiger partial charge is 0.345 e. The molecule has 1 aliphatic heterocycles. The first-order valence-electron chi connectivity index (χ1n) is 9.30. The second kappa shape index (κ2) is 11.2. The van der Waals surface area contributed by atoms with Gasteiger partial charge in [0.2, 0.25) is 5.91 Å². The Bertz CT molecular complexity index is 901. The number of hydrogen-bond acceptors (Lipinski definition) is 10. The van der Waals surface area contributed by atoms with E-state index >= 15 is 0 Å². The minimum absolute atomic E-state index is 0.0227. The zero-order valence-corrected chi connectivity index (χ0v) is 18.1. The van der Waals surface area contributed by atoms with Gasteiger partial charge < -0.3 is 23.8 Å². The Balaban J connectivity index is 2.13. The molecule has 0 bridgehead atoms. The van der Waals surface area contributed by atoms with Crippen molar-refractivity contribution in [3.63, 3.8) is 0 Å². The molecule has 0 N–H and O–H groups in total. The predicted molar refractivity (Wildman–Crippen MR) is 110 cm³/mol. The summed E-state index contributed by atoms with van der Waals surface area (Å²) in [5.41, 5.74) is -0.806. The number of amides is 1. The molecule has 1 amide bonds. The number of carbonyl (C=O) groups excluding carboxylic acids is 3. The minimum Gasteiger partial charge on any atom is -0.493 e. The number of benzene rings is 1. The highest BCUT2D eigenvalue weighted by Gasteiger charge is 2.29. The van der Waals surface area contributed by atoms with Crippen LogP contribution in [-0.2, 0) is 19.1 Å². The Morgan fingerprint density at radius 3 is 2.58 bits per heavy atom. The van der Waals surface area contributed by atoms with E-state index in [0.717, 1.165) is 17.8 Å². The van der Waals surface area contributed by atoms with Crippen molar-refractivity contribution in [2.75, 3.05) is 39.2 Å². The monoisotopic (exact) mass is 454 g/mol. The molecule has 11 nitrogen and oxygen atoms in total. The number of nitro groups is 1. The lowest BCUT2D eigenvalue weighted by atomic mass is 10.1. The van der Waals surface area contributed by atoms with Crippen LogP contribution in [0.25, 0.3) is 0 Å². The first kappa shape index (κ1) is 24.0. The van der Waals surface area contributed by atoms with Crippen molar-refractivity contribution in [2.24, 2.45) is 0 Å². The van der Waals surface area contributed by atoms with Crippen LogP contribution in [0.1, 0.15) is 24.2 Å². The van der Waals surface area contributed by atoms with Crippen molar-refractivity contribution >= 4 is 35.3 Å². The van der Waals surface area contributed by atoms with Gasteiger partial charge in [0, 0.05) is 6.07 Å². The maximum atomic E-state index is 12.5. The largest absolute Gasteiger partial charge is 0.493 e. The van der Waals surface area contributed by atoms with Gasteiger partial charge in [0.25, 0.3) is 5.69 Å². The van der Waals surface area contributed by atoms with Gasteiger partial charge >= 0.3 is 11.9 Å². The van der Waals surface area contributed by atoms with Crippen LogP contribution in [0.2, 0.25) is 0 Å². The summed E-state index contributed by atoms with van der Waals surface area (Å²) in [5, 5.41) is 11.8. The molecule has 0 aliphatic carbocycles. The van der Waals surface area contributed by atoms with Gasteiger partial charge in [-0.05, 0) is 13.8 Å². The molecule has 0 saturated carbocycles. The third-order valence-corrected chi connectivity index (χ3v) is 5.01. The molecule has 0 atom stereocenters. The van der Waals surface area contributed by atoms with E-state index in [1.54, 1.807) is 13.8 Å². The Hall–Kier alpha value is -3.28. The van der Waals surface area contributed by atoms with Crippen molar-refractivity contribution < 1.29 is 38.3 Å². The summed E-state index contributed by atoms with van der Waals surface area (Å²) in [4.78, 5) is 48.1. The van der Waals surface area contributed by atoms with E-state index in [-0.39, 0.29) is 55.1 Å². The zero-order valence-electron chi connectivity index (χ0n) is 17.2. The van der Waals surface area contributed by atoms with E-state index < -0.39 is 22.5 Å². The molecule has 168 valence electrons. The Morgan fingerprint density at radius 2 is 1.97 bits per heavy atom. The number of ether oxygens (including phenoxy) is 4. The van der Waals surface area contributed by atoms with Gasteiger partial charge in [-0.1, -0.05) is 11.8 Å². The lowest BCUT2D eigenvalue weighted by Crippen LogP contribution is -2.29. The van der Waals surface area contributed by atoms with Crippen molar-refractivity contribution in [3.8, 4) is 11.5 Å². The van der Waals surface area contributed by atoms with Crippen LogP contribution in [0.5, 0.6) is 11.5 Å². The molecule has 1 aliphatic rings. The fourth-order valence-corrected chi connectivity index (χ4v) is 3.61. The van der Waals surface area contributed by atoms with Gasteiger partial charge in [-0.2, -0.15) is 0 Å². The quantitative estimate of drug-likeness (QED) is 0.224. The zero-order chi connectivity index (χ0) is 23.0. The van der Waals surface area contributed by atoms with Gasteiger partial charge in [0.05, 0.1) is 54.7 Å². The van der Waals surface area contributed by atoms with Crippen LogP contribution >= 0.6 is 11.8 Å². The second-order valence-electron chi connectivity index (χ2n) is 5.91. The third kappa shape index (κ3) is 6.10. The Kier molecular flexibility index (Phi) is 8.67. The molecule has 1 aromatic carbocycles. The topological polar surface area (TPSA) is 135 Å². The van der Waals surface area contributed by atoms with E-state index in [0.29, 0.717) is 5.03 Å². The molecule has 0 aromatic heterocycles. The number of rotatable bonds is 10. The van der Waals surface area contributed by atoms with Crippen molar-refractivity contribution in [1.29, 1.82) is 0 Å². The highest BCUT2D eigenvalue weighted by atomic mass is 32.2. The second-order valence-corrected chi connectivity index (χ2v) is 6.91. The highest BCUT2D eigenvalue weighted by molar-refractivity contribution is 8.04. The highest BCUT2D eigenvalue weighted by Crippen LogP contribution is 2.35. The number of carbonyl (C=O) groups is 3. The average Bonchev–Trinajstić information content (AvgIpc) is 3.07. The third-order valence-electron chi connectivity index (χ3n) is 3.98. The van der Waals surface area contributed by atoms with Gasteiger partial charge in [-0.25, -0.2) is 9.59 Å². The first-order valence-corrected chi connectivity index (χ1v) is 10.3. The SMILES string of the molecule is CCOC(=O)C=C1SCC(=O)N1CCOC(=O)c1cc(OCC)c(OC)cc1[N+](=O)[O-]. The molecule has 0 radical (unpaired) electrons. The van der Waals surface area contributed by atoms with E-state index in [4.69, 9.17) is 18.9 Å². The summed E-state index contributed by atoms with van der Waals surface area (Å²) in [6, 6.07) is 2.27. The number of hydrogen-bond donors (Lipinski definition) is 0. The van der Waals surface area contributed by atoms with E-state index in [9.17, 15) is 24.5 Å². The van der Waals surface area contributed by atoms with Crippen LogP contribution in [0, 0.1) is 10.1 Å². The van der Waals surface area contributed by atoms with Crippen molar-refractivity contribution in [3.05, 3.63) is 38.9 Å². The molecule has 1 saturated heterocycles. The first-order chi connectivity index (χ1) is 14.8. The number of nitrogens with zero attached hydrogens (tertiary/aromatic N) is 2. The van der Waals surface area contributed by atoms with Gasteiger partial charge in [0.1, 0.15) is 12.2 Å². The lowest BCUT2D eigenvalue weighted by molar-refractivity contribution is -0.385. The number of esters is 2. The molecule has 2 rings (SSSR count). The lowest BCUT2D eigenvalue weighted by Gasteiger charge is -2.17. The van der Waals surface area contributed by atoms with Crippen molar-refractivity contribution in [1.82, 2.24) is 4.90 Å². The van der Waals surface area contributed by atoms with E-state index in [1.165, 1.54) is 24.2 Å². The molecule has 12 heteroatoms. The maximum Gasteiger partial charge on any atom is 0.345 e. The molecular formula is C19H22N2O9S. The molecule has 1 heterocycles. The van der Waals surface area contributed by atoms with Crippen LogP contribution in [0.15, 0.2) is 23.2 Å². The van der Waals surface area contributed by atoms with Crippen LogP contribution in [0.4, 0.5) is 5.69 Å². The minimum atomic E-state index is -0.953. The molecule has 0 unspecified atom stereocenters.